The molecular weight excluding hydrogens is 314 g/mol. The monoisotopic (exact) mass is 333 g/mol. The quantitative estimate of drug-likeness (QED) is 0.630. The van der Waals surface area contributed by atoms with Crippen LogP contribution in [0.4, 0.5) is 5.69 Å². The summed E-state index contributed by atoms with van der Waals surface area (Å²) in [5.74, 6) is 0.156. The average molecular weight is 333 g/mol. The van der Waals surface area contributed by atoms with Crippen LogP contribution in [0.5, 0.6) is 5.75 Å². The average Bonchev–Trinajstić information content (AvgIpc) is 2.86. The molecule has 0 spiro atoms. The Labute approximate surface area is 147 Å². The van der Waals surface area contributed by atoms with Crippen LogP contribution in [0.1, 0.15) is 19.4 Å². The molecule has 0 N–H and O–H groups in total. The molecule has 3 rings (SSSR count). The molecule has 0 atom stereocenters. The van der Waals surface area contributed by atoms with E-state index in [1.54, 1.807) is 25.3 Å². The van der Waals surface area contributed by atoms with Crippen molar-refractivity contribution in [1.82, 2.24) is 0 Å². The van der Waals surface area contributed by atoms with E-state index in [4.69, 9.17) is 4.74 Å². The van der Waals surface area contributed by atoms with Gasteiger partial charge in [0.1, 0.15) is 5.75 Å². The minimum absolute atomic E-state index is 0.282. The van der Waals surface area contributed by atoms with Crippen LogP contribution in [0, 0.1) is 0 Å². The van der Waals surface area contributed by atoms with E-state index in [2.05, 4.69) is 0 Å². The molecule has 1 heterocycles. The van der Waals surface area contributed by atoms with Crippen molar-refractivity contribution in [3.05, 3.63) is 76.9 Å². The van der Waals surface area contributed by atoms with E-state index in [0.717, 1.165) is 16.9 Å². The summed E-state index contributed by atoms with van der Waals surface area (Å²) in [6.07, 6.45) is 1.75. The van der Waals surface area contributed by atoms with E-state index in [-0.39, 0.29) is 11.8 Å². The summed E-state index contributed by atoms with van der Waals surface area (Å²) in [6, 6.07) is 16.4. The summed E-state index contributed by atoms with van der Waals surface area (Å²) in [5, 5.41) is 0. The number of hydrogen-bond acceptors (Lipinski definition) is 3. The highest BCUT2D eigenvalue weighted by Gasteiger charge is 2.40. The fourth-order valence-corrected chi connectivity index (χ4v) is 2.84. The standard InChI is InChI=1S/C21H19NO3/c1-14(2)19-18(13-15-9-11-17(25-3)12-10-15)20(23)22(21(19)24)16-7-5-4-6-8-16/h4-13H,1-3H3/b18-13+. The van der Waals surface area contributed by atoms with Crippen LogP contribution in [0.2, 0.25) is 0 Å². The topological polar surface area (TPSA) is 46.6 Å². The SMILES string of the molecule is COc1ccc(/C=C2/C(=O)N(c3ccccc3)C(=O)C2=C(C)C)cc1. The minimum atomic E-state index is -0.303. The van der Waals surface area contributed by atoms with E-state index < -0.39 is 0 Å². The van der Waals surface area contributed by atoms with Gasteiger partial charge in [-0.3, -0.25) is 9.59 Å². The molecule has 0 radical (unpaired) electrons. The van der Waals surface area contributed by atoms with Crippen LogP contribution in [-0.2, 0) is 9.59 Å². The van der Waals surface area contributed by atoms with Gasteiger partial charge < -0.3 is 4.74 Å². The van der Waals surface area contributed by atoms with Gasteiger partial charge in [0.05, 0.1) is 23.9 Å². The largest absolute Gasteiger partial charge is 0.497 e. The number of imide groups is 1. The van der Waals surface area contributed by atoms with Crippen LogP contribution in [0.25, 0.3) is 6.08 Å². The molecule has 0 bridgehead atoms. The van der Waals surface area contributed by atoms with Crippen molar-refractivity contribution in [2.75, 3.05) is 12.0 Å². The Morgan fingerprint density at radius 1 is 0.920 bits per heavy atom. The first kappa shape index (κ1) is 16.7. The maximum Gasteiger partial charge on any atom is 0.266 e. The van der Waals surface area contributed by atoms with Crippen molar-refractivity contribution >= 4 is 23.6 Å². The lowest BCUT2D eigenvalue weighted by Crippen LogP contribution is -2.29. The molecule has 126 valence electrons. The summed E-state index contributed by atoms with van der Waals surface area (Å²) in [4.78, 5) is 27.0. The van der Waals surface area contributed by atoms with Gasteiger partial charge in [-0.1, -0.05) is 35.9 Å². The number of methoxy groups -OCH3 is 1. The zero-order valence-corrected chi connectivity index (χ0v) is 14.4. The van der Waals surface area contributed by atoms with E-state index in [0.29, 0.717) is 16.8 Å². The van der Waals surface area contributed by atoms with Gasteiger partial charge in [-0.05, 0) is 49.8 Å². The fraction of sp³-hybridized carbons (Fsp3) is 0.143. The van der Waals surface area contributed by atoms with E-state index in [1.165, 1.54) is 4.90 Å². The smallest absolute Gasteiger partial charge is 0.266 e. The molecule has 2 amide bonds. The number of amides is 2. The van der Waals surface area contributed by atoms with Gasteiger partial charge in [0.15, 0.2) is 0 Å². The number of para-hydroxylation sites is 1. The summed E-state index contributed by atoms with van der Waals surface area (Å²) < 4.78 is 5.15. The third kappa shape index (κ3) is 3.11. The van der Waals surface area contributed by atoms with Gasteiger partial charge in [0.25, 0.3) is 11.8 Å². The van der Waals surface area contributed by atoms with Crippen molar-refractivity contribution in [3.63, 3.8) is 0 Å². The summed E-state index contributed by atoms with van der Waals surface area (Å²) >= 11 is 0. The van der Waals surface area contributed by atoms with Crippen molar-refractivity contribution in [1.29, 1.82) is 0 Å². The molecule has 0 saturated carbocycles. The molecule has 4 nitrogen and oxygen atoms in total. The number of carbonyl (C=O) groups excluding carboxylic acids is 2. The zero-order valence-electron chi connectivity index (χ0n) is 14.4. The summed E-state index contributed by atoms with van der Waals surface area (Å²) in [6.45, 7) is 3.69. The third-order valence-corrected chi connectivity index (χ3v) is 4.06. The normalized spacial score (nSPS) is 15.9. The first-order valence-electron chi connectivity index (χ1n) is 8.00. The zero-order chi connectivity index (χ0) is 18.0. The molecule has 0 aliphatic carbocycles. The van der Waals surface area contributed by atoms with Crippen LogP contribution < -0.4 is 9.64 Å². The first-order valence-corrected chi connectivity index (χ1v) is 8.00. The number of ether oxygens (including phenoxy) is 1. The number of nitrogens with zero attached hydrogens (tertiary/aromatic N) is 1. The Kier molecular flexibility index (Phi) is 4.52. The number of hydrogen-bond donors (Lipinski definition) is 0. The summed E-state index contributed by atoms with van der Waals surface area (Å²) in [5.41, 5.74) is 3.11. The second-order valence-electron chi connectivity index (χ2n) is 5.99. The predicted octanol–water partition coefficient (Wildman–Crippen LogP) is 3.99. The Hall–Kier alpha value is -3.14. The highest BCUT2D eigenvalue weighted by Crippen LogP contribution is 2.33. The number of anilines is 1. The van der Waals surface area contributed by atoms with E-state index >= 15 is 0 Å². The predicted molar refractivity (Wildman–Crippen MR) is 98.3 cm³/mol. The van der Waals surface area contributed by atoms with Crippen molar-refractivity contribution in [3.8, 4) is 5.75 Å². The maximum absolute atomic E-state index is 12.9. The van der Waals surface area contributed by atoms with Crippen molar-refractivity contribution in [2.24, 2.45) is 0 Å². The highest BCUT2D eigenvalue weighted by atomic mass is 16.5. The molecule has 1 aliphatic rings. The minimum Gasteiger partial charge on any atom is -0.497 e. The van der Waals surface area contributed by atoms with Gasteiger partial charge in [0.2, 0.25) is 0 Å². The lowest BCUT2D eigenvalue weighted by atomic mass is 10.0. The molecule has 2 aromatic carbocycles. The van der Waals surface area contributed by atoms with Gasteiger partial charge in [-0.25, -0.2) is 4.90 Å². The molecule has 0 aromatic heterocycles. The van der Waals surface area contributed by atoms with Gasteiger partial charge in [-0.2, -0.15) is 0 Å². The Bertz CT molecular complexity index is 873. The van der Waals surface area contributed by atoms with E-state index in [9.17, 15) is 9.59 Å². The van der Waals surface area contributed by atoms with Gasteiger partial charge in [0, 0.05) is 0 Å². The number of carbonyl (C=O) groups is 2. The van der Waals surface area contributed by atoms with Crippen LogP contribution in [0.3, 0.4) is 0 Å². The Morgan fingerprint density at radius 3 is 2.12 bits per heavy atom. The van der Waals surface area contributed by atoms with Crippen LogP contribution in [-0.4, -0.2) is 18.9 Å². The second kappa shape index (κ2) is 6.77. The maximum atomic E-state index is 12.9. The van der Waals surface area contributed by atoms with Crippen LogP contribution in [0.15, 0.2) is 71.3 Å². The first-order chi connectivity index (χ1) is 12.0. The fourth-order valence-electron chi connectivity index (χ4n) is 2.84. The number of allylic oxidation sites excluding steroid dienone is 1. The third-order valence-electron chi connectivity index (χ3n) is 4.06. The van der Waals surface area contributed by atoms with Crippen molar-refractivity contribution in [2.45, 2.75) is 13.8 Å². The van der Waals surface area contributed by atoms with Crippen LogP contribution >= 0.6 is 0 Å². The molecule has 1 saturated heterocycles. The second-order valence-corrected chi connectivity index (χ2v) is 5.99. The highest BCUT2D eigenvalue weighted by molar-refractivity contribution is 6.38. The lowest BCUT2D eigenvalue weighted by Gasteiger charge is -2.12. The van der Waals surface area contributed by atoms with Gasteiger partial charge >= 0.3 is 0 Å². The van der Waals surface area contributed by atoms with E-state index in [1.807, 2.05) is 56.3 Å². The molecule has 4 heteroatoms. The molecule has 1 fully saturated rings. The van der Waals surface area contributed by atoms with Gasteiger partial charge in [-0.15, -0.1) is 0 Å². The van der Waals surface area contributed by atoms with Crippen molar-refractivity contribution < 1.29 is 14.3 Å². The summed E-state index contributed by atoms with van der Waals surface area (Å²) in [7, 11) is 1.60. The molecule has 25 heavy (non-hydrogen) atoms. The Balaban J connectivity index is 2.08. The molecule has 0 unspecified atom stereocenters. The number of rotatable bonds is 3. The molecule has 2 aromatic rings. The lowest BCUT2D eigenvalue weighted by molar-refractivity contribution is -0.119. The number of benzene rings is 2. The molecule has 1 aliphatic heterocycles. The molecular formula is C21H19NO3. The Morgan fingerprint density at radius 2 is 1.56 bits per heavy atom.